The van der Waals surface area contributed by atoms with E-state index < -0.39 is 18.5 Å². The number of fused-ring (bicyclic) bond motifs is 1. The lowest BCUT2D eigenvalue weighted by Gasteiger charge is -2.38. The van der Waals surface area contributed by atoms with Gasteiger partial charge >= 0.3 is 6.18 Å². The molecule has 1 atom stereocenters. The van der Waals surface area contributed by atoms with E-state index in [1.54, 1.807) is 10.9 Å². The quantitative estimate of drug-likeness (QED) is 0.401. The van der Waals surface area contributed by atoms with Gasteiger partial charge in [-0.2, -0.15) is 18.3 Å². The van der Waals surface area contributed by atoms with Gasteiger partial charge in [-0.15, -0.1) is 0 Å². The van der Waals surface area contributed by atoms with Crippen molar-refractivity contribution in [1.29, 1.82) is 0 Å². The zero-order valence-corrected chi connectivity index (χ0v) is 20.5. The first kappa shape index (κ1) is 24.8. The van der Waals surface area contributed by atoms with Crippen molar-refractivity contribution in [3.05, 3.63) is 54.5 Å². The number of aromatic nitrogens is 5. The molecule has 9 nitrogen and oxygen atoms in total. The Bertz CT molecular complexity index is 1400. The van der Waals surface area contributed by atoms with Gasteiger partial charge in [0.05, 0.1) is 17.2 Å². The Balaban J connectivity index is 1.24. The lowest BCUT2D eigenvalue weighted by atomic mass is 10.1. The summed E-state index contributed by atoms with van der Waals surface area (Å²) >= 11 is 0. The number of aryl methyl sites for hydroxylation is 1. The van der Waals surface area contributed by atoms with Crippen molar-refractivity contribution in [3.63, 3.8) is 0 Å². The van der Waals surface area contributed by atoms with Crippen LogP contribution in [0.3, 0.4) is 0 Å². The molecule has 1 aliphatic rings. The minimum Gasteiger partial charge on any atom is -0.340 e. The van der Waals surface area contributed by atoms with Crippen molar-refractivity contribution in [2.45, 2.75) is 25.6 Å². The van der Waals surface area contributed by atoms with E-state index in [0.717, 1.165) is 27.7 Å². The maximum atomic E-state index is 12.6. The van der Waals surface area contributed by atoms with Crippen molar-refractivity contribution in [2.24, 2.45) is 7.05 Å². The number of hydrogen-bond donors (Lipinski definition) is 2. The molecule has 1 fully saturated rings. The monoisotopic (exact) mass is 512 g/mol. The van der Waals surface area contributed by atoms with Crippen LogP contribution >= 0.6 is 0 Å². The van der Waals surface area contributed by atoms with Crippen LogP contribution < -0.4 is 5.32 Å². The molecule has 2 N–H and O–H groups in total. The van der Waals surface area contributed by atoms with Crippen LogP contribution in [-0.2, 0) is 11.8 Å². The highest BCUT2D eigenvalue weighted by Crippen LogP contribution is 2.27. The van der Waals surface area contributed by atoms with E-state index in [2.05, 4.69) is 30.3 Å². The summed E-state index contributed by atoms with van der Waals surface area (Å²) < 4.78 is 39.4. The van der Waals surface area contributed by atoms with Crippen LogP contribution in [0.5, 0.6) is 0 Å². The maximum absolute atomic E-state index is 12.6. The fourth-order valence-corrected chi connectivity index (χ4v) is 4.57. The first-order chi connectivity index (χ1) is 17.6. The third-order valence-corrected chi connectivity index (χ3v) is 6.60. The van der Waals surface area contributed by atoms with Gasteiger partial charge in [0.1, 0.15) is 12.2 Å². The highest BCUT2D eigenvalue weighted by Gasteiger charge is 2.35. The number of nitrogens with zero attached hydrogens (tertiary/aromatic N) is 6. The van der Waals surface area contributed by atoms with Crippen LogP contribution in [0.25, 0.3) is 22.2 Å². The van der Waals surface area contributed by atoms with E-state index in [-0.39, 0.29) is 19.1 Å². The van der Waals surface area contributed by atoms with E-state index >= 15 is 0 Å². The zero-order chi connectivity index (χ0) is 26.2. The molecule has 4 heterocycles. The fraction of sp³-hybridized carbons (Fsp3) is 0.360. The first-order valence-electron chi connectivity index (χ1n) is 11.9. The third kappa shape index (κ3) is 5.74. The molecule has 0 radical (unpaired) electrons. The number of anilines is 2. The van der Waals surface area contributed by atoms with E-state index in [1.165, 1.54) is 4.90 Å². The molecule has 3 aromatic heterocycles. The molecular weight excluding hydrogens is 485 g/mol. The number of imidazole rings is 1. The number of H-pyrrole nitrogens is 1. The molecule has 4 aromatic rings. The highest BCUT2D eigenvalue weighted by molar-refractivity contribution is 5.83. The van der Waals surface area contributed by atoms with Crippen LogP contribution in [0.15, 0.2) is 48.9 Å². The number of pyridine rings is 1. The van der Waals surface area contributed by atoms with Crippen molar-refractivity contribution in [2.75, 3.05) is 31.5 Å². The number of piperazine rings is 1. The zero-order valence-electron chi connectivity index (χ0n) is 20.5. The number of carbonyl (C=O) groups is 1. The van der Waals surface area contributed by atoms with E-state index in [4.69, 9.17) is 0 Å². The molecule has 5 rings (SSSR count). The number of rotatable bonds is 6. The summed E-state index contributed by atoms with van der Waals surface area (Å²) in [4.78, 5) is 27.6. The number of nitrogens with one attached hydrogen (secondary N) is 2. The van der Waals surface area contributed by atoms with Crippen LogP contribution in [0, 0.1) is 0 Å². The molecule has 0 saturated carbocycles. The predicted molar refractivity (Wildman–Crippen MR) is 133 cm³/mol. The molecule has 194 valence electrons. The summed E-state index contributed by atoms with van der Waals surface area (Å²) in [7, 11) is 1.88. The lowest BCUT2D eigenvalue weighted by Crippen LogP contribution is -2.50. The summed E-state index contributed by atoms with van der Waals surface area (Å²) in [5.74, 6) is 0.316. The highest BCUT2D eigenvalue weighted by atomic mass is 19.4. The Morgan fingerprint density at radius 1 is 1.14 bits per heavy atom. The molecule has 1 aromatic carbocycles. The molecule has 1 saturated heterocycles. The summed E-state index contributed by atoms with van der Waals surface area (Å²) in [5.41, 5.74) is 4.75. The number of amides is 1. The lowest BCUT2D eigenvalue weighted by molar-refractivity contribution is -0.162. The molecule has 37 heavy (non-hydrogen) atoms. The van der Waals surface area contributed by atoms with Crippen LogP contribution in [0.1, 0.15) is 24.9 Å². The Kier molecular flexibility index (Phi) is 6.59. The van der Waals surface area contributed by atoms with Gasteiger partial charge < -0.3 is 15.2 Å². The molecule has 1 unspecified atom stereocenters. The van der Waals surface area contributed by atoms with Crippen LogP contribution in [-0.4, -0.2) is 72.8 Å². The Labute approximate surface area is 211 Å². The smallest absolute Gasteiger partial charge is 0.340 e. The maximum Gasteiger partial charge on any atom is 0.397 e. The van der Waals surface area contributed by atoms with Gasteiger partial charge in [0.15, 0.2) is 0 Å². The van der Waals surface area contributed by atoms with Crippen LogP contribution in [0.2, 0.25) is 0 Å². The SMILES string of the molecule is CC(c1ccnc(Nc2nc3ccc(-c4cnn(C)c4)cc3[nH]2)c1)N1CCN(C(=O)CC(F)(F)F)CC1. The standard InChI is InChI=1S/C25H27F3N8O/c1-16(35-7-9-36(10-8-35)23(37)13-25(26,27)28)17-5-6-29-22(12-17)33-24-31-20-4-3-18(11-21(20)32-24)19-14-30-34(2)15-19/h3-6,11-12,14-16H,7-10,13H2,1-2H3,(H2,29,31,32,33). The average Bonchev–Trinajstić information content (AvgIpc) is 3.47. The van der Waals surface area contributed by atoms with Gasteiger partial charge in [-0.25, -0.2) is 9.97 Å². The topological polar surface area (TPSA) is 95.0 Å². The van der Waals surface area contributed by atoms with E-state index in [9.17, 15) is 18.0 Å². The minimum atomic E-state index is -4.48. The molecule has 1 amide bonds. The Hall–Kier alpha value is -3.93. The van der Waals surface area contributed by atoms with Gasteiger partial charge in [-0.05, 0) is 42.3 Å². The number of aromatic amines is 1. The number of alkyl halides is 3. The molecule has 0 aliphatic carbocycles. The van der Waals surface area contributed by atoms with Gasteiger partial charge in [-0.3, -0.25) is 14.4 Å². The number of hydrogen-bond acceptors (Lipinski definition) is 6. The Morgan fingerprint density at radius 3 is 2.62 bits per heavy atom. The predicted octanol–water partition coefficient (Wildman–Crippen LogP) is 4.26. The van der Waals surface area contributed by atoms with Crippen molar-refractivity contribution >= 4 is 28.7 Å². The van der Waals surface area contributed by atoms with Crippen LogP contribution in [0.4, 0.5) is 24.9 Å². The first-order valence-corrected chi connectivity index (χ1v) is 11.9. The van der Waals surface area contributed by atoms with E-state index in [0.29, 0.717) is 24.9 Å². The Morgan fingerprint density at radius 2 is 1.92 bits per heavy atom. The molecule has 0 spiro atoms. The number of halogens is 3. The molecule has 12 heteroatoms. The second-order valence-electron chi connectivity index (χ2n) is 9.20. The van der Waals surface area contributed by atoms with E-state index in [1.807, 2.05) is 56.7 Å². The second-order valence-corrected chi connectivity index (χ2v) is 9.20. The second kappa shape index (κ2) is 9.85. The fourth-order valence-electron chi connectivity index (χ4n) is 4.57. The van der Waals surface area contributed by atoms with Crippen molar-refractivity contribution in [3.8, 4) is 11.1 Å². The number of carbonyl (C=O) groups excluding carboxylic acids is 1. The van der Waals surface area contributed by atoms with Crippen molar-refractivity contribution < 1.29 is 18.0 Å². The normalized spacial score (nSPS) is 15.8. The molecule has 1 aliphatic heterocycles. The largest absolute Gasteiger partial charge is 0.397 e. The summed E-state index contributed by atoms with van der Waals surface area (Å²) in [5, 5.41) is 7.45. The summed E-state index contributed by atoms with van der Waals surface area (Å²) in [6.07, 6.45) is -0.417. The van der Waals surface area contributed by atoms with Crippen molar-refractivity contribution in [1.82, 2.24) is 34.5 Å². The summed E-state index contributed by atoms with van der Waals surface area (Å²) in [6, 6.07) is 9.82. The minimum absolute atomic E-state index is 0.00105. The van der Waals surface area contributed by atoms with Gasteiger partial charge in [0, 0.05) is 57.2 Å². The van der Waals surface area contributed by atoms with Gasteiger partial charge in [0.2, 0.25) is 11.9 Å². The number of benzene rings is 1. The summed E-state index contributed by atoms with van der Waals surface area (Å²) in [6.45, 7) is 3.58. The molecule has 0 bridgehead atoms. The third-order valence-electron chi connectivity index (χ3n) is 6.60. The van der Waals surface area contributed by atoms with Gasteiger partial charge in [-0.1, -0.05) is 6.07 Å². The van der Waals surface area contributed by atoms with Gasteiger partial charge in [0.25, 0.3) is 0 Å². The average molecular weight is 513 g/mol. The molecular formula is C25H27F3N8O.